The summed E-state index contributed by atoms with van der Waals surface area (Å²) < 4.78 is 0. The molecule has 0 atom stereocenters. The van der Waals surface area contributed by atoms with Gasteiger partial charge < -0.3 is 5.43 Å². The molecule has 9 heavy (non-hydrogen) atoms. The van der Waals surface area contributed by atoms with E-state index in [9.17, 15) is 0 Å². The predicted octanol–water partition coefficient (Wildman–Crippen LogP) is 1.21. The predicted molar refractivity (Wildman–Crippen MR) is 36.5 cm³/mol. The normalized spacial score (nSPS) is 11.8. The summed E-state index contributed by atoms with van der Waals surface area (Å²) in [4.78, 5) is 0. The van der Waals surface area contributed by atoms with Crippen LogP contribution in [0.4, 0.5) is 0 Å². The highest BCUT2D eigenvalue weighted by Crippen LogP contribution is 1.96. The van der Waals surface area contributed by atoms with Crippen LogP contribution in [0.3, 0.4) is 0 Å². The van der Waals surface area contributed by atoms with Crippen molar-refractivity contribution in [3.63, 3.8) is 0 Å². The zero-order valence-electron chi connectivity index (χ0n) is 5.97. The molecule has 4 heteroatoms. The molecule has 0 fully saturated rings. The Morgan fingerprint density at radius 1 is 1.56 bits per heavy atom. The third-order valence-electron chi connectivity index (χ3n) is 0.857. The number of nitrogens with zero attached hydrogens (tertiary/aromatic N) is 2. The van der Waals surface area contributed by atoms with E-state index in [0.29, 0.717) is 5.84 Å². The number of amidine groups is 1. The van der Waals surface area contributed by atoms with Gasteiger partial charge in [0.2, 0.25) is 0 Å². The van der Waals surface area contributed by atoms with Crippen molar-refractivity contribution >= 4 is 5.84 Å². The van der Waals surface area contributed by atoms with Crippen LogP contribution in [-0.4, -0.2) is 12.9 Å². The van der Waals surface area contributed by atoms with Gasteiger partial charge in [-0.05, 0) is 0 Å². The van der Waals surface area contributed by atoms with Gasteiger partial charge in [-0.3, -0.25) is 0 Å². The monoisotopic (exact) mass is 128 g/mol. The summed E-state index contributed by atoms with van der Waals surface area (Å²) in [5, 5.41) is 6.97. The quantitative estimate of drug-likeness (QED) is 0.249. The molecule has 0 unspecified atom stereocenters. The van der Waals surface area contributed by atoms with Crippen LogP contribution in [0.15, 0.2) is 10.2 Å². The van der Waals surface area contributed by atoms with Crippen LogP contribution in [0.5, 0.6) is 0 Å². The van der Waals surface area contributed by atoms with Gasteiger partial charge in [0.15, 0.2) is 5.84 Å². The molecule has 0 aliphatic heterocycles. The molecule has 0 rings (SSSR count). The molecule has 0 saturated heterocycles. The van der Waals surface area contributed by atoms with Crippen LogP contribution < -0.4 is 5.43 Å². The first-order chi connectivity index (χ1) is 4.22. The first kappa shape index (κ1) is 8.07. The third kappa shape index (κ3) is 2.79. The lowest BCUT2D eigenvalue weighted by Crippen LogP contribution is -2.08. The molecule has 0 bridgehead atoms. The summed E-state index contributed by atoms with van der Waals surface area (Å²) in [6.45, 7) is 3.88. The summed E-state index contributed by atoms with van der Waals surface area (Å²) >= 11 is 0. The van der Waals surface area contributed by atoms with E-state index in [-0.39, 0.29) is 5.92 Å². The average Bonchev–Trinajstić information content (AvgIpc) is 1.82. The van der Waals surface area contributed by atoms with Crippen LogP contribution in [-0.2, 0) is 0 Å². The molecule has 0 aromatic heterocycles. The minimum atomic E-state index is 0.218. The van der Waals surface area contributed by atoms with Crippen molar-refractivity contribution in [1.82, 2.24) is 5.43 Å². The molecule has 52 valence electrons. The highest BCUT2D eigenvalue weighted by atomic mass is 15.3. The zero-order chi connectivity index (χ0) is 7.28. The topological polar surface area (TPSA) is 60.6 Å². The number of rotatable bonds is 2. The Bertz CT molecular complexity index is 116. The van der Waals surface area contributed by atoms with Gasteiger partial charge in [0.1, 0.15) is 0 Å². The van der Waals surface area contributed by atoms with Crippen LogP contribution in [0.2, 0.25) is 0 Å². The van der Waals surface area contributed by atoms with Crippen LogP contribution in [0, 0.1) is 11.4 Å². The second-order valence-electron chi connectivity index (χ2n) is 1.96. The molecule has 2 N–H and O–H groups in total. The molecular weight excluding hydrogens is 116 g/mol. The van der Waals surface area contributed by atoms with Crippen LogP contribution in [0.1, 0.15) is 13.8 Å². The van der Waals surface area contributed by atoms with Crippen molar-refractivity contribution in [3.05, 3.63) is 0 Å². The average molecular weight is 128 g/mol. The second-order valence-corrected chi connectivity index (χ2v) is 1.96. The Hall–Kier alpha value is -0.930. The largest absolute Gasteiger partial charge is 0.311 e. The molecule has 0 amide bonds. The molecule has 0 aliphatic rings. The van der Waals surface area contributed by atoms with Gasteiger partial charge in [0.25, 0.3) is 0 Å². The Morgan fingerprint density at radius 2 is 2.11 bits per heavy atom. The molecular formula is C5H12N4. The SMILES string of the molecule is CN/N=C(\N=N)C(C)C. The number of hydrogen-bond acceptors (Lipinski definition) is 3. The van der Waals surface area contributed by atoms with Gasteiger partial charge in [0, 0.05) is 13.0 Å². The third-order valence-corrected chi connectivity index (χ3v) is 0.857. The van der Waals surface area contributed by atoms with Crippen molar-refractivity contribution < 1.29 is 0 Å². The van der Waals surface area contributed by atoms with Crippen molar-refractivity contribution in [2.24, 2.45) is 16.1 Å². The fourth-order valence-electron chi connectivity index (χ4n) is 0.398. The first-order valence-electron chi connectivity index (χ1n) is 2.84. The standard InChI is InChI=1S/C5H12N4/c1-4(2)5(8-6)9-7-3/h4,6-7H,1-3H3/b8-6?,9-5-. The Labute approximate surface area is 54.9 Å². The number of hydrazone groups is 1. The number of nitrogens with one attached hydrogen (secondary N) is 2. The maximum Gasteiger partial charge on any atom is 0.172 e. The summed E-state index contributed by atoms with van der Waals surface area (Å²) in [6, 6.07) is 0. The van der Waals surface area contributed by atoms with Gasteiger partial charge >= 0.3 is 0 Å². The second kappa shape index (κ2) is 4.00. The fraction of sp³-hybridized carbons (Fsp3) is 0.800. The summed E-state index contributed by atoms with van der Waals surface area (Å²) in [5.74, 6) is 0.743. The van der Waals surface area contributed by atoms with Crippen molar-refractivity contribution in [2.75, 3.05) is 7.05 Å². The lowest BCUT2D eigenvalue weighted by molar-refractivity contribution is 0.804. The van der Waals surface area contributed by atoms with E-state index in [2.05, 4.69) is 15.6 Å². The molecule has 0 spiro atoms. The van der Waals surface area contributed by atoms with Crippen molar-refractivity contribution in [3.8, 4) is 0 Å². The van der Waals surface area contributed by atoms with Gasteiger partial charge in [-0.2, -0.15) is 5.10 Å². The van der Waals surface area contributed by atoms with Gasteiger partial charge in [-0.1, -0.05) is 13.8 Å². The molecule has 4 nitrogen and oxygen atoms in total. The molecule has 0 radical (unpaired) electrons. The highest BCUT2D eigenvalue weighted by Gasteiger charge is 2.00. The van der Waals surface area contributed by atoms with E-state index in [1.807, 2.05) is 13.8 Å². The Balaban J connectivity index is 3.97. The van der Waals surface area contributed by atoms with Gasteiger partial charge in [-0.25, -0.2) is 5.53 Å². The fourth-order valence-corrected chi connectivity index (χ4v) is 0.398. The van der Waals surface area contributed by atoms with E-state index in [1.165, 1.54) is 0 Å². The maximum absolute atomic E-state index is 6.65. The van der Waals surface area contributed by atoms with E-state index in [0.717, 1.165) is 0 Å². The van der Waals surface area contributed by atoms with E-state index < -0.39 is 0 Å². The van der Waals surface area contributed by atoms with Crippen molar-refractivity contribution in [1.29, 1.82) is 5.53 Å². The van der Waals surface area contributed by atoms with Crippen LogP contribution >= 0.6 is 0 Å². The minimum Gasteiger partial charge on any atom is -0.311 e. The Morgan fingerprint density at radius 3 is 2.22 bits per heavy atom. The summed E-state index contributed by atoms with van der Waals surface area (Å²) in [7, 11) is 1.69. The summed E-state index contributed by atoms with van der Waals surface area (Å²) in [6.07, 6.45) is 0. The maximum atomic E-state index is 6.65. The molecule has 0 aliphatic carbocycles. The molecule has 0 saturated carbocycles. The zero-order valence-corrected chi connectivity index (χ0v) is 5.97. The number of hydrogen-bond donors (Lipinski definition) is 2. The summed E-state index contributed by atoms with van der Waals surface area (Å²) in [5.41, 5.74) is 9.22. The molecule has 0 heterocycles. The van der Waals surface area contributed by atoms with Crippen LogP contribution in [0.25, 0.3) is 0 Å². The first-order valence-corrected chi connectivity index (χ1v) is 2.84. The smallest absolute Gasteiger partial charge is 0.172 e. The highest BCUT2D eigenvalue weighted by molar-refractivity contribution is 5.83. The van der Waals surface area contributed by atoms with Gasteiger partial charge in [-0.15, -0.1) is 5.11 Å². The van der Waals surface area contributed by atoms with E-state index >= 15 is 0 Å². The van der Waals surface area contributed by atoms with E-state index in [1.54, 1.807) is 7.05 Å². The van der Waals surface area contributed by atoms with Crippen molar-refractivity contribution in [2.45, 2.75) is 13.8 Å². The van der Waals surface area contributed by atoms with Gasteiger partial charge in [0.05, 0.1) is 0 Å². The Kier molecular flexibility index (Phi) is 3.59. The minimum absolute atomic E-state index is 0.218. The molecule has 0 aromatic rings. The lowest BCUT2D eigenvalue weighted by Gasteiger charge is -1.99. The van der Waals surface area contributed by atoms with E-state index in [4.69, 9.17) is 5.53 Å². The molecule has 0 aromatic carbocycles. The lowest BCUT2D eigenvalue weighted by atomic mass is 10.2.